The van der Waals surface area contributed by atoms with Crippen molar-refractivity contribution >= 4 is 15.7 Å². The highest BCUT2D eigenvalue weighted by atomic mass is 32.2. The molecule has 0 aliphatic carbocycles. The zero-order valence-electron chi connectivity index (χ0n) is 11.4. The van der Waals surface area contributed by atoms with Crippen molar-refractivity contribution in [3.63, 3.8) is 0 Å². The van der Waals surface area contributed by atoms with Gasteiger partial charge in [0, 0.05) is 0 Å². The number of nitrogens with one attached hydrogen (secondary N) is 1. The molecule has 108 valence electrons. The van der Waals surface area contributed by atoms with Crippen LogP contribution in [0.2, 0.25) is 0 Å². The van der Waals surface area contributed by atoms with Crippen LogP contribution in [-0.4, -0.2) is 13.5 Å². The van der Waals surface area contributed by atoms with E-state index in [1.807, 2.05) is 6.07 Å². The number of benzene rings is 2. The number of nitriles is 1. The first-order chi connectivity index (χ1) is 9.91. The number of rotatable bonds is 4. The molecule has 0 amide bonds. The fraction of sp³-hybridized carbons (Fsp3) is 0.133. The van der Waals surface area contributed by atoms with Crippen molar-refractivity contribution in [2.24, 2.45) is 0 Å². The molecule has 0 heterocycles. The number of nitrogens with zero attached hydrogens (tertiary/aromatic N) is 1. The number of phenols is 1. The van der Waals surface area contributed by atoms with E-state index in [9.17, 15) is 13.5 Å². The fourth-order valence-electron chi connectivity index (χ4n) is 1.87. The lowest BCUT2D eigenvalue weighted by molar-refractivity contribution is 0.477. The van der Waals surface area contributed by atoms with Crippen molar-refractivity contribution in [1.82, 2.24) is 0 Å². The van der Waals surface area contributed by atoms with E-state index in [-0.39, 0.29) is 17.2 Å². The smallest absolute Gasteiger partial charge is 0.237 e. The topological polar surface area (TPSA) is 90.2 Å². The van der Waals surface area contributed by atoms with Crippen LogP contribution in [0.3, 0.4) is 0 Å². The molecule has 0 saturated heterocycles. The molecular formula is C15H14N2O3S. The molecule has 0 spiro atoms. The SMILES string of the molecule is Cc1cccc(O)c1NS(=O)(=O)Cc1ccc(C#N)cc1. The summed E-state index contributed by atoms with van der Waals surface area (Å²) < 4.78 is 26.7. The minimum Gasteiger partial charge on any atom is -0.506 e. The van der Waals surface area contributed by atoms with E-state index in [1.165, 1.54) is 6.07 Å². The minimum absolute atomic E-state index is 0.113. The van der Waals surface area contributed by atoms with E-state index in [0.717, 1.165) is 0 Å². The summed E-state index contributed by atoms with van der Waals surface area (Å²) in [5.74, 6) is -0.342. The van der Waals surface area contributed by atoms with Gasteiger partial charge in [0.2, 0.25) is 10.0 Å². The van der Waals surface area contributed by atoms with Gasteiger partial charge >= 0.3 is 0 Å². The number of sulfonamides is 1. The van der Waals surface area contributed by atoms with Gasteiger partial charge in [-0.25, -0.2) is 8.42 Å². The fourth-order valence-corrected chi connectivity index (χ4v) is 3.15. The van der Waals surface area contributed by atoms with Gasteiger partial charge in [-0.3, -0.25) is 4.72 Å². The Morgan fingerprint density at radius 3 is 2.43 bits per heavy atom. The van der Waals surface area contributed by atoms with Gasteiger partial charge in [-0.2, -0.15) is 5.26 Å². The van der Waals surface area contributed by atoms with Crippen LogP contribution in [0.1, 0.15) is 16.7 Å². The first kappa shape index (κ1) is 14.9. The van der Waals surface area contributed by atoms with E-state index in [4.69, 9.17) is 5.26 Å². The highest BCUT2D eigenvalue weighted by molar-refractivity contribution is 7.91. The highest BCUT2D eigenvalue weighted by Gasteiger charge is 2.15. The summed E-state index contributed by atoms with van der Waals surface area (Å²) in [6.45, 7) is 1.71. The maximum atomic E-state index is 12.1. The van der Waals surface area contributed by atoms with E-state index in [0.29, 0.717) is 16.7 Å². The molecule has 21 heavy (non-hydrogen) atoms. The largest absolute Gasteiger partial charge is 0.506 e. The van der Waals surface area contributed by atoms with Crippen LogP contribution in [0.5, 0.6) is 5.75 Å². The van der Waals surface area contributed by atoms with Crippen LogP contribution < -0.4 is 4.72 Å². The van der Waals surface area contributed by atoms with Gasteiger partial charge in [-0.05, 0) is 36.2 Å². The molecule has 0 aliphatic rings. The molecule has 0 fully saturated rings. The molecule has 0 unspecified atom stereocenters. The molecule has 2 aromatic carbocycles. The van der Waals surface area contributed by atoms with Crippen molar-refractivity contribution in [2.45, 2.75) is 12.7 Å². The number of aromatic hydroxyl groups is 1. The molecule has 5 nitrogen and oxygen atoms in total. The lowest BCUT2D eigenvalue weighted by Crippen LogP contribution is -2.15. The van der Waals surface area contributed by atoms with Gasteiger partial charge < -0.3 is 5.11 Å². The van der Waals surface area contributed by atoms with Gasteiger partial charge in [-0.1, -0.05) is 24.3 Å². The van der Waals surface area contributed by atoms with Crippen LogP contribution in [0, 0.1) is 18.3 Å². The Labute approximate surface area is 123 Å². The Bertz CT molecular complexity index is 770. The Hall–Kier alpha value is -2.52. The predicted octanol–water partition coefficient (Wildman–Crippen LogP) is 2.51. The summed E-state index contributed by atoms with van der Waals surface area (Å²) in [5, 5.41) is 18.4. The first-order valence-electron chi connectivity index (χ1n) is 6.19. The van der Waals surface area contributed by atoms with Crippen molar-refractivity contribution in [1.29, 1.82) is 5.26 Å². The van der Waals surface area contributed by atoms with E-state index in [1.54, 1.807) is 43.3 Å². The van der Waals surface area contributed by atoms with Gasteiger partial charge in [0.05, 0.1) is 23.1 Å². The lowest BCUT2D eigenvalue weighted by atomic mass is 10.2. The maximum Gasteiger partial charge on any atom is 0.237 e. The van der Waals surface area contributed by atoms with Crippen molar-refractivity contribution in [3.8, 4) is 11.8 Å². The summed E-state index contributed by atoms with van der Waals surface area (Å²) in [5.41, 5.74) is 1.86. The number of para-hydroxylation sites is 1. The molecule has 2 N–H and O–H groups in total. The molecule has 6 heteroatoms. The second-order valence-electron chi connectivity index (χ2n) is 4.64. The summed E-state index contributed by atoms with van der Waals surface area (Å²) in [4.78, 5) is 0. The van der Waals surface area contributed by atoms with E-state index < -0.39 is 10.0 Å². The summed E-state index contributed by atoms with van der Waals surface area (Å²) >= 11 is 0. The zero-order chi connectivity index (χ0) is 15.5. The Morgan fingerprint density at radius 1 is 1.19 bits per heavy atom. The zero-order valence-corrected chi connectivity index (χ0v) is 12.2. The van der Waals surface area contributed by atoms with E-state index in [2.05, 4.69) is 4.72 Å². The number of anilines is 1. The normalized spacial score (nSPS) is 10.9. The number of hydrogen-bond acceptors (Lipinski definition) is 4. The van der Waals surface area contributed by atoms with Crippen LogP contribution in [0.15, 0.2) is 42.5 Å². The van der Waals surface area contributed by atoms with Crippen LogP contribution in [-0.2, 0) is 15.8 Å². The number of phenolic OH excluding ortho intramolecular Hbond substituents is 1. The van der Waals surface area contributed by atoms with Crippen molar-refractivity contribution in [3.05, 3.63) is 59.2 Å². The molecule has 0 saturated carbocycles. The molecule has 0 bridgehead atoms. The van der Waals surface area contributed by atoms with Crippen molar-refractivity contribution < 1.29 is 13.5 Å². The number of hydrogen-bond donors (Lipinski definition) is 2. The summed E-state index contributed by atoms with van der Waals surface area (Å²) in [6.07, 6.45) is 0. The molecule has 0 aliphatic heterocycles. The van der Waals surface area contributed by atoms with Gasteiger partial charge in [0.1, 0.15) is 5.75 Å². The molecule has 0 aromatic heterocycles. The lowest BCUT2D eigenvalue weighted by Gasteiger charge is -2.12. The monoisotopic (exact) mass is 302 g/mol. The Kier molecular flexibility index (Phi) is 4.15. The summed E-state index contributed by atoms with van der Waals surface area (Å²) in [7, 11) is -3.65. The van der Waals surface area contributed by atoms with Crippen LogP contribution in [0.25, 0.3) is 0 Å². The summed E-state index contributed by atoms with van der Waals surface area (Å²) in [6, 6.07) is 13.1. The second-order valence-corrected chi connectivity index (χ2v) is 6.36. The predicted molar refractivity (Wildman–Crippen MR) is 80.2 cm³/mol. The molecule has 2 rings (SSSR count). The molecule has 0 atom stereocenters. The third-order valence-electron chi connectivity index (χ3n) is 2.95. The Balaban J connectivity index is 2.21. The minimum atomic E-state index is -3.65. The number of aryl methyl sites for hydroxylation is 1. The van der Waals surface area contributed by atoms with Crippen LogP contribution in [0.4, 0.5) is 5.69 Å². The average Bonchev–Trinajstić information content (AvgIpc) is 2.43. The van der Waals surface area contributed by atoms with Crippen molar-refractivity contribution in [2.75, 3.05) is 4.72 Å². The molecule has 0 radical (unpaired) electrons. The van der Waals surface area contributed by atoms with Gasteiger partial charge in [0.25, 0.3) is 0 Å². The molecular weight excluding hydrogens is 288 g/mol. The van der Waals surface area contributed by atoms with Crippen LogP contribution >= 0.6 is 0 Å². The van der Waals surface area contributed by atoms with E-state index >= 15 is 0 Å². The van der Waals surface area contributed by atoms with Gasteiger partial charge in [0.15, 0.2) is 0 Å². The van der Waals surface area contributed by atoms with Gasteiger partial charge in [-0.15, -0.1) is 0 Å². The third-order valence-corrected chi connectivity index (χ3v) is 4.18. The average molecular weight is 302 g/mol. The quantitative estimate of drug-likeness (QED) is 0.849. The third kappa shape index (κ3) is 3.74. The Morgan fingerprint density at radius 2 is 1.86 bits per heavy atom. The standard InChI is InChI=1S/C15H14N2O3S/c1-11-3-2-4-14(18)15(11)17-21(19,20)10-13-7-5-12(9-16)6-8-13/h2-8,17-18H,10H2,1H3. The second kappa shape index (κ2) is 5.85. The molecule has 2 aromatic rings. The first-order valence-corrected chi connectivity index (χ1v) is 7.84. The highest BCUT2D eigenvalue weighted by Crippen LogP contribution is 2.28. The maximum absolute atomic E-state index is 12.1.